The Morgan fingerprint density at radius 2 is 1.32 bits per heavy atom. The molecule has 0 saturated heterocycles. The van der Waals surface area contributed by atoms with E-state index in [1.165, 1.54) is 11.1 Å². The minimum Gasteiger partial charge on any atom is -0.456 e. The number of nitrogens with zero attached hydrogens (tertiary/aromatic N) is 1. The van der Waals surface area contributed by atoms with Gasteiger partial charge in [-0.3, -0.25) is 0 Å². The number of hydrogen-bond acceptors (Lipinski definition) is 5. The lowest BCUT2D eigenvalue weighted by Gasteiger charge is -2.42. The minimum atomic E-state index is -3.25. The summed E-state index contributed by atoms with van der Waals surface area (Å²) >= 11 is 1.56. The molecule has 0 aliphatic carbocycles. The van der Waals surface area contributed by atoms with Crippen LogP contribution in [0.1, 0.15) is 25.0 Å². The zero-order chi connectivity index (χ0) is 27.5. The highest BCUT2D eigenvalue weighted by Gasteiger charge is 2.49. The van der Waals surface area contributed by atoms with Gasteiger partial charge in [0.2, 0.25) is 0 Å². The Bertz CT molecular complexity index is 2100. The van der Waals surface area contributed by atoms with Crippen molar-refractivity contribution >= 4 is 60.9 Å². The lowest BCUT2D eigenvalue weighted by molar-refractivity contribution is 0.465. The number of benzene rings is 5. The second kappa shape index (κ2) is 7.91. The number of hydrogen-bond donors (Lipinski definition) is 0. The number of rotatable bonds is 1. The van der Waals surface area contributed by atoms with E-state index in [2.05, 4.69) is 79.4 Å². The van der Waals surface area contributed by atoms with Gasteiger partial charge in [0, 0.05) is 27.6 Å². The highest BCUT2D eigenvalue weighted by molar-refractivity contribution is 7.90. The number of fused-ring (bicyclic) bond motifs is 8. The van der Waals surface area contributed by atoms with Gasteiger partial charge in [0.1, 0.15) is 27.2 Å². The molecule has 5 aromatic carbocycles. The summed E-state index contributed by atoms with van der Waals surface area (Å²) in [5, 5.41) is 2.37. The summed E-state index contributed by atoms with van der Waals surface area (Å²) < 4.78 is 30.7. The van der Waals surface area contributed by atoms with Gasteiger partial charge in [0.25, 0.3) is 0 Å². The number of thiophene rings is 1. The first kappa shape index (κ1) is 23.4. The maximum Gasteiger partial charge on any atom is 0.195 e. The van der Waals surface area contributed by atoms with Crippen LogP contribution < -0.4 is 29.6 Å². The summed E-state index contributed by atoms with van der Waals surface area (Å²) in [6.07, 6.45) is 0. The number of para-hydroxylation sites is 3. The topological polar surface area (TPSA) is 38.8 Å². The lowest BCUT2D eigenvalue weighted by Crippen LogP contribution is -2.34. The molecular weight excluding hydrogens is 545 g/mol. The van der Waals surface area contributed by atoms with E-state index in [-0.39, 0.29) is 5.41 Å². The number of ether oxygens (including phenoxy) is 2. The van der Waals surface area contributed by atoms with Gasteiger partial charge in [-0.2, -0.15) is 0 Å². The SMILES string of the molecule is CC1(C)c2ccccc2N(c2cc3c4c(c2)Oc2c(sc5ccccc25)P4(=O)c2ccccc2O3)c2ccccc21. The predicted molar refractivity (Wildman–Crippen MR) is 168 cm³/mol. The Labute approximate surface area is 241 Å². The van der Waals surface area contributed by atoms with E-state index < -0.39 is 7.14 Å². The van der Waals surface area contributed by atoms with Crippen molar-refractivity contribution in [2.75, 3.05) is 4.90 Å². The molecule has 0 bridgehead atoms. The average molecular weight is 570 g/mol. The van der Waals surface area contributed by atoms with Gasteiger partial charge in [-0.05, 0) is 47.5 Å². The Hall–Kier alpha value is -4.31. The van der Waals surface area contributed by atoms with Gasteiger partial charge in [-0.15, -0.1) is 11.3 Å². The van der Waals surface area contributed by atoms with Crippen molar-refractivity contribution < 1.29 is 14.0 Å². The molecule has 0 saturated carbocycles. The second-order valence-electron chi connectivity index (χ2n) is 11.3. The van der Waals surface area contributed by atoms with Crippen molar-refractivity contribution in [1.29, 1.82) is 0 Å². The third-order valence-electron chi connectivity index (χ3n) is 8.69. The fourth-order valence-electron chi connectivity index (χ4n) is 6.79. The first-order valence-electron chi connectivity index (χ1n) is 13.7. The van der Waals surface area contributed by atoms with Gasteiger partial charge < -0.3 is 18.9 Å². The first-order valence-corrected chi connectivity index (χ1v) is 16.2. The Morgan fingerprint density at radius 3 is 2.07 bits per heavy atom. The summed E-state index contributed by atoms with van der Waals surface area (Å²) in [6, 6.07) is 37.1. The smallest absolute Gasteiger partial charge is 0.195 e. The van der Waals surface area contributed by atoms with Crippen molar-refractivity contribution in [1.82, 2.24) is 0 Å². The molecule has 3 aliphatic heterocycles. The molecule has 198 valence electrons. The first-order chi connectivity index (χ1) is 20.0. The molecule has 1 unspecified atom stereocenters. The molecule has 4 nitrogen and oxygen atoms in total. The van der Waals surface area contributed by atoms with Gasteiger partial charge in [0.15, 0.2) is 12.9 Å². The monoisotopic (exact) mass is 569 g/mol. The van der Waals surface area contributed by atoms with Gasteiger partial charge in [-0.1, -0.05) is 74.5 Å². The van der Waals surface area contributed by atoms with Crippen LogP contribution in [-0.4, -0.2) is 0 Å². The van der Waals surface area contributed by atoms with Crippen LogP contribution in [0.3, 0.4) is 0 Å². The molecule has 0 spiro atoms. The summed E-state index contributed by atoms with van der Waals surface area (Å²) in [7, 11) is -3.25. The molecule has 0 N–H and O–H groups in total. The maximum atomic E-state index is 15.5. The molecule has 1 aromatic heterocycles. The third kappa shape index (κ3) is 2.92. The van der Waals surface area contributed by atoms with E-state index in [4.69, 9.17) is 9.47 Å². The average Bonchev–Trinajstić information content (AvgIpc) is 3.37. The largest absolute Gasteiger partial charge is 0.456 e. The highest BCUT2D eigenvalue weighted by Crippen LogP contribution is 2.62. The normalized spacial score (nSPS) is 18.7. The molecule has 3 aliphatic rings. The lowest BCUT2D eigenvalue weighted by atomic mass is 9.73. The Morgan fingerprint density at radius 1 is 0.707 bits per heavy atom. The molecule has 9 rings (SSSR count). The number of anilines is 3. The van der Waals surface area contributed by atoms with Gasteiger partial charge in [0.05, 0.1) is 22.4 Å². The van der Waals surface area contributed by atoms with Crippen LogP contribution in [0.25, 0.3) is 10.1 Å². The van der Waals surface area contributed by atoms with Crippen LogP contribution in [0.4, 0.5) is 17.1 Å². The van der Waals surface area contributed by atoms with Crippen LogP contribution in [-0.2, 0) is 9.98 Å². The fourth-order valence-corrected chi connectivity index (χ4v) is 11.7. The summed E-state index contributed by atoms with van der Waals surface area (Å²) in [5.74, 6) is 2.51. The summed E-state index contributed by atoms with van der Waals surface area (Å²) in [6.45, 7) is 4.56. The highest BCUT2D eigenvalue weighted by atomic mass is 32.1. The van der Waals surface area contributed by atoms with Crippen LogP contribution >= 0.6 is 18.5 Å². The van der Waals surface area contributed by atoms with Crippen LogP contribution in [0, 0.1) is 0 Å². The molecule has 1 atom stereocenters. The maximum absolute atomic E-state index is 15.5. The fraction of sp³-hybridized carbons (Fsp3) is 0.0857. The van der Waals surface area contributed by atoms with Crippen molar-refractivity contribution in [2.24, 2.45) is 0 Å². The van der Waals surface area contributed by atoms with Gasteiger partial charge in [-0.25, -0.2) is 0 Å². The van der Waals surface area contributed by atoms with Crippen LogP contribution in [0.15, 0.2) is 109 Å². The van der Waals surface area contributed by atoms with E-state index in [9.17, 15) is 0 Å². The standard InChI is InChI=1S/C35H24NO3PS/c1-35(2)23-12-4-6-14-25(23)36(26-15-7-5-13-24(26)35)21-19-28-33-29(20-21)39-32-22-11-3-10-18-31(22)41-34(32)40(33,37)30-17-9-8-16-27(30)38-28/h3-20H,1-2H3. The van der Waals surface area contributed by atoms with E-state index in [0.29, 0.717) is 28.3 Å². The molecule has 4 heterocycles. The van der Waals surface area contributed by atoms with E-state index in [1.54, 1.807) is 11.3 Å². The van der Waals surface area contributed by atoms with Crippen LogP contribution in [0.2, 0.25) is 0 Å². The Kier molecular flexibility index (Phi) is 4.51. The minimum absolute atomic E-state index is 0.168. The Balaban J connectivity index is 1.35. The van der Waals surface area contributed by atoms with E-state index in [0.717, 1.165) is 37.1 Å². The van der Waals surface area contributed by atoms with Crippen molar-refractivity contribution in [3.8, 4) is 23.0 Å². The zero-order valence-electron chi connectivity index (χ0n) is 22.4. The summed E-state index contributed by atoms with van der Waals surface area (Å²) in [4.78, 5) is 2.28. The quantitative estimate of drug-likeness (QED) is 0.185. The van der Waals surface area contributed by atoms with E-state index in [1.807, 2.05) is 48.5 Å². The van der Waals surface area contributed by atoms with E-state index >= 15 is 4.57 Å². The molecule has 0 amide bonds. The summed E-state index contributed by atoms with van der Waals surface area (Å²) in [5.41, 5.74) is 5.45. The molecule has 0 fully saturated rings. The molecule has 41 heavy (non-hydrogen) atoms. The predicted octanol–water partition coefficient (Wildman–Crippen LogP) is 8.86. The molecule has 0 radical (unpaired) electrons. The second-order valence-corrected chi connectivity index (χ2v) is 15.2. The molecular formula is C35H24NO3PS. The van der Waals surface area contributed by atoms with Gasteiger partial charge >= 0.3 is 0 Å². The van der Waals surface area contributed by atoms with Crippen LogP contribution in [0.5, 0.6) is 23.0 Å². The zero-order valence-corrected chi connectivity index (χ0v) is 24.1. The van der Waals surface area contributed by atoms with Crippen molar-refractivity contribution in [3.05, 3.63) is 120 Å². The molecule has 6 heteroatoms. The van der Waals surface area contributed by atoms with Crippen molar-refractivity contribution in [3.63, 3.8) is 0 Å². The van der Waals surface area contributed by atoms with Crippen molar-refractivity contribution in [2.45, 2.75) is 19.3 Å². The third-order valence-corrected chi connectivity index (χ3v) is 13.6. The molecule has 6 aromatic rings.